The van der Waals surface area contributed by atoms with Crippen LogP contribution in [0.15, 0.2) is 36.4 Å². The van der Waals surface area contributed by atoms with E-state index in [1.807, 2.05) is 0 Å². The first-order valence-corrected chi connectivity index (χ1v) is 9.62. The molecule has 2 rings (SSSR count). The molecule has 0 fully saturated rings. The monoisotopic (exact) mass is 515 g/mol. The molecule has 2 aromatic rings. The van der Waals surface area contributed by atoms with Crippen LogP contribution in [0.25, 0.3) is 5.70 Å². The molecular formula is C21H14Cl2F7NO2. The number of carbonyl (C=O) groups is 2. The molecule has 0 amide bonds. The Bertz CT molecular complexity index is 1120. The van der Waals surface area contributed by atoms with E-state index in [1.54, 1.807) is 0 Å². The van der Waals surface area contributed by atoms with Crippen molar-refractivity contribution in [3.63, 3.8) is 0 Å². The number of halogens is 9. The number of benzene rings is 2. The van der Waals surface area contributed by atoms with E-state index in [0.29, 0.717) is 12.1 Å². The lowest BCUT2D eigenvalue weighted by atomic mass is 9.88. The second-order valence-corrected chi connectivity index (χ2v) is 7.82. The summed E-state index contributed by atoms with van der Waals surface area (Å²) in [6.07, 6.45) is -11.7. The Labute approximate surface area is 193 Å². The zero-order valence-electron chi connectivity index (χ0n) is 16.8. The fourth-order valence-corrected chi connectivity index (χ4v) is 3.64. The Hall–Kier alpha value is -2.59. The summed E-state index contributed by atoms with van der Waals surface area (Å²) in [5.74, 6) is -0.753. The minimum Gasteiger partial charge on any atom is -0.398 e. The van der Waals surface area contributed by atoms with Crippen molar-refractivity contribution in [2.75, 3.05) is 0 Å². The molecule has 33 heavy (non-hydrogen) atoms. The smallest absolute Gasteiger partial charge is 0.398 e. The van der Waals surface area contributed by atoms with Gasteiger partial charge in [0.25, 0.3) is 5.24 Å². The molecule has 2 aromatic carbocycles. The molecular weight excluding hydrogens is 502 g/mol. The van der Waals surface area contributed by atoms with Crippen molar-refractivity contribution in [1.82, 2.24) is 0 Å². The van der Waals surface area contributed by atoms with Crippen LogP contribution in [0.1, 0.15) is 43.0 Å². The summed E-state index contributed by atoms with van der Waals surface area (Å²) < 4.78 is 92.8. The van der Waals surface area contributed by atoms with E-state index >= 15 is 0 Å². The molecule has 0 saturated carbocycles. The van der Waals surface area contributed by atoms with Crippen LogP contribution in [-0.2, 0) is 5.67 Å². The molecule has 0 aliphatic rings. The largest absolute Gasteiger partial charge is 0.435 e. The third-order valence-corrected chi connectivity index (χ3v) is 5.28. The van der Waals surface area contributed by atoms with E-state index in [4.69, 9.17) is 28.9 Å². The van der Waals surface area contributed by atoms with Crippen LogP contribution in [0.5, 0.6) is 0 Å². The van der Waals surface area contributed by atoms with Gasteiger partial charge in [0.2, 0.25) is 0 Å². The highest BCUT2D eigenvalue weighted by Crippen LogP contribution is 2.53. The van der Waals surface area contributed by atoms with Crippen molar-refractivity contribution in [3.8, 4) is 0 Å². The molecule has 12 heteroatoms. The number of aryl methyl sites for hydroxylation is 2. The Morgan fingerprint density at radius 2 is 1.39 bits per heavy atom. The standard InChI is InChI=1S/C21H14Cl2F7NO2/c1-9-5-12(19(24,20(25,26)27)21(28,29)30)6-10(2)17(9)15(31)8-16(32)11-3-4-14(22)13(7-11)18(23)33/h3-8H,31H2,1-2H3. The van der Waals surface area contributed by atoms with Gasteiger partial charge >= 0.3 is 18.0 Å². The van der Waals surface area contributed by atoms with Crippen LogP contribution < -0.4 is 5.73 Å². The molecule has 0 aliphatic carbocycles. The number of alkyl halides is 7. The van der Waals surface area contributed by atoms with Gasteiger partial charge in [-0.3, -0.25) is 9.59 Å². The van der Waals surface area contributed by atoms with Crippen LogP contribution in [0.2, 0.25) is 5.02 Å². The Morgan fingerprint density at radius 1 is 0.909 bits per heavy atom. The number of hydrogen-bond acceptors (Lipinski definition) is 3. The normalized spacial score (nSPS) is 13.2. The second-order valence-electron chi connectivity index (χ2n) is 7.07. The van der Waals surface area contributed by atoms with E-state index in [2.05, 4.69) is 0 Å². The van der Waals surface area contributed by atoms with Gasteiger partial charge in [-0.1, -0.05) is 23.7 Å². The first-order valence-electron chi connectivity index (χ1n) is 8.87. The molecule has 3 nitrogen and oxygen atoms in total. The number of ketones is 1. The SMILES string of the molecule is Cc1cc(C(F)(C(F)(F)F)C(F)(F)F)cc(C)c1C(N)=CC(=O)c1ccc(Cl)c(C(=O)Cl)c1. The Balaban J connectivity index is 2.57. The fraction of sp³-hybridized carbons (Fsp3) is 0.238. The Kier molecular flexibility index (Phi) is 7.26. The number of allylic oxidation sites excluding steroid dienone is 1. The minimum atomic E-state index is -6.27. The number of carbonyl (C=O) groups excluding carboxylic acids is 2. The molecule has 0 saturated heterocycles. The summed E-state index contributed by atoms with van der Waals surface area (Å²) in [5, 5.41) is -0.951. The van der Waals surface area contributed by atoms with Gasteiger partial charge < -0.3 is 5.73 Å². The lowest BCUT2D eigenvalue weighted by Crippen LogP contribution is -2.50. The number of nitrogens with two attached hydrogens (primary N) is 1. The molecule has 0 aliphatic heterocycles. The predicted molar refractivity (Wildman–Crippen MR) is 109 cm³/mol. The quantitative estimate of drug-likeness (QED) is 0.206. The maximum Gasteiger partial charge on any atom is 0.435 e. The minimum absolute atomic E-state index is 0.0187. The van der Waals surface area contributed by atoms with E-state index in [-0.39, 0.29) is 38.5 Å². The molecule has 0 atom stereocenters. The summed E-state index contributed by atoms with van der Waals surface area (Å²) in [6, 6.07) is 4.33. The maximum absolute atomic E-state index is 14.4. The van der Waals surface area contributed by atoms with Gasteiger partial charge in [-0.2, -0.15) is 26.3 Å². The topological polar surface area (TPSA) is 60.2 Å². The molecule has 0 bridgehead atoms. The number of rotatable bonds is 5. The third kappa shape index (κ3) is 5.01. The van der Waals surface area contributed by atoms with Crippen molar-refractivity contribution < 1.29 is 40.3 Å². The number of hydrogen-bond donors (Lipinski definition) is 1. The molecule has 178 valence electrons. The molecule has 0 spiro atoms. The first-order chi connectivity index (χ1) is 14.9. The van der Waals surface area contributed by atoms with Gasteiger partial charge in [0.05, 0.1) is 10.6 Å². The Morgan fingerprint density at radius 3 is 1.82 bits per heavy atom. The van der Waals surface area contributed by atoms with Crippen LogP contribution in [0.3, 0.4) is 0 Å². The highest BCUT2D eigenvalue weighted by Gasteiger charge is 2.73. The van der Waals surface area contributed by atoms with Gasteiger partial charge in [-0.05, 0) is 54.8 Å². The van der Waals surface area contributed by atoms with Crippen molar-refractivity contribution in [2.24, 2.45) is 5.73 Å². The predicted octanol–water partition coefficient (Wildman–Crippen LogP) is 6.81. The van der Waals surface area contributed by atoms with E-state index in [9.17, 15) is 40.3 Å². The summed E-state index contributed by atoms with van der Waals surface area (Å²) in [5.41, 5.74) is -2.42. The average molecular weight is 516 g/mol. The summed E-state index contributed by atoms with van der Waals surface area (Å²) in [6.45, 7) is 2.24. The van der Waals surface area contributed by atoms with Crippen molar-refractivity contribution in [2.45, 2.75) is 31.9 Å². The van der Waals surface area contributed by atoms with E-state index < -0.39 is 34.6 Å². The molecule has 2 N–H and O–H groups in total. The van der Waals surface area contributed by atoms with E-state index in [0.717, 1.165) is 26.0 Å². The van der Waals surface area contributed by atoms with Gasteiger partial charge in [-0.15, -0.1) is 0 Å². The first kappa shape index (κ1) is 26.7. The van der Waals surface area contributed by atoms with Crippen LogP contribution in [-0.4, -0.2) is 23.4 Å². The summed E-state index contributed by atoms with van der Waals surface area (Å²) in [7, 11) is 0. The maximum atomic E-state index is 14.4. The molecule has 0 unspecified atom stereocenters. The fourth-order valence-electron chi connectivity index (χ4n) is 3.23. The molecule has 0 radical (unpaired) electrons. The van der Waals surface area contributed by atoms with Gasteiger partial charge in [0.1, 0.15) is 0 Å². The van der Waals surface area contributed by atoms with Crippen molar-refractivity contribution in [1.29, 1.82) is 0 Å². The van der Waals surface area contributed by atoms with Crippen molar-refractivity contribution in [3.05, 3.63) is 74.8 Å². The summed E-state index contributed by atoms with van der Waals surface area (Å²) >= 11 is 11.2. The average Bonchev–Trinajstić information content (AvgIpc) is 2.64. The van der Waals surface area contributed by atoms with Crippen molar-refractivity contribution >= 4 is 39.9 Å². The highest BCUT2D eigenvalue weighted by atomic mass is 35.5. The van der Waals surface area contributed by atoms with Crippen LogP contribution >= 0.6 is 23.2 Å². The lowest BCUT2D eigenvalue weighted by molar-refractivity contribution is -0.348. The second kappa shape index (κ2) is 8.98. The summed E-state index contributed by atoms with van der Waals surface area (Å²) in [4.78, 5) is 23.9. The zero-order chi connectivity index (χ0) is 25.5. The van der Waals surface area contributed by atoms with Gasteiger partial charge in [0, 0.05) is 28.5 Å². The molecule has 0 heterocycles. The van der Waals surface area contributed by atoms with E-state index in [1.165, 1.54) is 12.1 Å². The zero-order valence-corrected chi connectivity index (χ0v) is 18.3. The van der Waals surface area contributed by atoms with Crippen LogP contribution in [0.4, 0.5) is 30.7 Å². The van der Waals surface area contributed by atoms with Gasteiger partial charge in [-0.25, -0.2) is 4.39 Å². The highest BCUT2D eigenvalue weighted by molar-refractivity contribution is 6.68. The van der Waals surface area contributed by atoms with Crippen LogP contribution in [0, 0.1) is 13.8 Å². The third-order valence-electron chi connectivity index (χ3n) is 4.75. The molecule has 0 aromatic heterocycles. The lowest BCUT2D eigenvalue weighted by Gasteiger charge is -2.31. The van der Waals surface area contributed by atoms with Gasteiger partial charge in [0.15, 0.2) is 5.78 Å².